The molecule has 1 N–H and O–H groups in total. The van der Waals surface area contributed by atoms with Crippen LogP contribution in [-0.2, 0) is 9.47 Å². The molecule has 100 valence electrons. The average molecular weight is 249 g/mol. The molecule has 0 radical (unpaired) electrons. The molecule has 1 aromatic carbocycles. The van der Waals surface area contributed by atoms with Crippen molar-refractivity contribution in [2.75, 3.05) is 31.7 Å². The third-order valence-corrected chi connectivity index (χ3v) is 3.28. The summed E-state index contributed by atoms with van der Waals surface area (Å²) >= 11 is 0. The Morgan fingerprint density at radius 2 is 2.22 bits per heavy atom. The Bertz CT molecular complexity index is 348. The van der Waals surface area contributed by atoms with Gasteiger partial charge in [-0.25, -0.2) is 0 Å². The molecule has 3 nitrogen and oxygen atoms in total. The zero-order chi connectivity index (χ0) is 12.6. The lowest BCUT2D eigenvalue weighted by atomic mass is 10.1. The summed E-state index contributed by atoms with van der Waals surface area (Å²) in [5, 5.41) is 3.38. The number of anilines is 1. The predicted octanol–water partition coefficient (Wildman–Crippen LogP) is 2.99. The quantitative estimate of drug-likeness (QED) is 0.786. The highest BCUT2D eigenvalue weighted by atomic mass is 16.5. The van der Waals surface area contributed by atoms with Gasteiger partial charge < -0.3 is 14.8 Å². The van der Waals surface area contributed by atoms with Crippen LogP contribution in [0.25, 0.3) is 0 Å². The number of rotatable bonds is 6. The molecule has 1 fully saturated rings. The van der Waals surface area contributed by atoms with Crippen LogP contribution < -0.4 is 5.32 Å². The van der Waals surface area contributed by atoms with Crippen LogP contribution in [0.3, 0.4) is 0 Å². The molecule has 0 aliphatic carbocycles. The summed E-state index contributed by atoms with van der Waals surface area (Å²) in [6.45, 7) is 5.32. The highest BCUT2D eigenvalue weighted by Gasteiger charge is 2.13. The molecule has 0 amide bonds. The van der Waals surface area contributed by atoms with E-state index in [1.807, 2.05) is 6.07 Å². The lowest BCUT2D eigenvalue weighted by Gasteiger charge is -2.22. The van der Waals surface area contributed by atoms with Crippen LogP contribution in [-0.4, -0.2) is 32.5 Å². The van der Waals surface area contributed by atoms with E-state index in [0.717, 1.165) is 32.8 Å². The maximum Gasteiger partial charge on any atom is 0.0808 e. The van der Waals surface area contributed by atoms with Gasteiger partial charge in [0.25, 0.3) is 0 Å². The van der Waals surface area contributed by atoms with Crippen molar-refractivity contribution in [1.82, 2.24) is 0 Å². The molecule has 18 heavy (non-hydrogen) atoms. The largest absolute Gasteiger partial charge is 0.383 e. The van der Waals surface area contributed by atoms with Gasteiger partial charge in [0.2, 0.25) is 0 Å². The first kappa shape index (κ1) is 13.4. The summed E-state index contributed by atoms with van der Waals surface area (Å²) < 4.78 is 11.3. The minimum Gasteiger partial charge on any atom is -0.383 e. The highest BCUT2D eigenvalue weighted by Crippen LogP contribution is 2.13. The van der Waals surface area contributed by atoms with Gasteiger partial charge in [0, 0.05) is 18.8 Å². The van der Waals surface area contributed by atoms with E-state index in [2.05, 4.69) is 30.4 Å². The summed E-state index contributed by atoms with van der Waals surface area (Å²) in [6, 6.07) is 8.31. The van der Waals surface area contributed by atoms with Crippen molar-refractivity contribution in [3.8, 4) is 0 Å². The van der Waals surface area contributed by atoms with Crippen molar-refractivity contribution in [3.05, 3.63) is 29.8 Å². The molecule has 0 bridgehead atoms. The Labute approximate surface area is 109 Å². The van der Waals surface area contributed by atoms with Crippen LogP contribution in [0.2, 0.25) is 0 Å². The second-order valence-electron chi connectivity index (χ2n) is 4.81. The Kier molecular flexibility index (Phi) is 5.49. The van der Waals surface area contributed by atoms with Crippen LogP contribution in [0, 0.1) is 6.92 Å². The van der Waals surface area contributed by atoms with Crippen molar-refractivity contribution in [2.24, 2.45) is 0 Å². The highest BCUT2D eigenvalue weighted by molar-refractivity contribution is 5.50. The Hall–Kier alpha value is -1.06. The second kappa shape index (κ2) is 7.39. The molecule has 1 aliphatic heterocycles. The molecular weight excluding hydrogens is 226 g/mol. The molecule has 0 aromatic heterocycles. The number of hydrogen-bond donors (Lipinski definition) is 1. The molecule has 0 saturated carbocycles. The first-order valence-electron chi connectivity index (χ1n) is 6.85. The third-order valence-electron chi connectivity index (χ3n) is 3.28. The summed E-state index contributed by atoms with van der Waals surface area (Å²) in [5.41, 5.74) is 2.46. The summed E-state index contributed by atoms with van der Waals surface area (Å²) in [4.78, 5) is 0. The molecule has 1 heterocycles. The Morgan fingerprint density at radius 3 is 3.00 bits per heavy atom. The zero-order valence-electron chi connectivity index (χ0n) is 11.2. The summed E-state index contributed by atoms with van der Waals surface area (Å²) in [6.07, 6.45) is 3.93. The van der Waals surface area contributed by atoms with Crippen LogP contribution in [0.5, 0.6) is 0 Å². The van der Waals surface area contributed by atoms with E-state index in [1.165, 1.54) is 24.1 Å². The molecule has 0 spiro atoms. The SMILES string of the molecule is Cc1ccccc1NCCOCC1CCCCO1. The monoisotopic (exact) mass is 249 g/mol. The standard InChI is InChI=1S/C15H23NO2/c1-13-6-2-3-8-15(13)16-9-11-17-12-14-7-4-5-10-18-14/h2-3,6,8,14,16H,4-5,7,9-12H2,1H3. The average Bonchev–Trinajstić information content (AvgIpc) is 2.42. The summed E-state index contributed by atoms with van der Waals surface area (Å²) in [7, 11) is 0. The second-order valence-corrected chi connectivity index (χ2v) is 4.81. The van der Waals surface area contributed by atoms with Crippen molar-refractivity contribution in [3.63, 3.8) is 0 Å². The van der Waals surface area contributed by atoms with E-state index < -0.39 is 0 Å². The van der Waals surface area contributed by atoms with E-state index in [-0.39, 0.29) is 0 Å². The predicted molar refractivity (Wildman–Crippen MR) is 74.1 cm³/mol. The fraction of sp³-hybridized carbons (Fsp3) is 0.600. The minimum absolute atomic E-state index is 0.317. The number of aryl methyl sites for hydroxylation is 1. The Morgan fingerprint density at radius 1 is 1.33 bits per heavy atom. The van der Waals surface area contributed by atoms with Gasteiger partial charge in [-0.05, 0) is 37.8 Å². The number of para-hydroxylation sites is 1. The molecule has 1 saturated heterocycles. The zero-order valence-corrected chi connectivity index (χ0v) is 11.2. The fourth-order valence-corrected chi connectivity index (χ4v) is 2.18. The van der Waals surface area contributed by atoms with Crippen molar-refractivity contribution >= 4 is 5.69 Å². The topological polar surface area (TPSA) is 30.5 Å². The van der Waals surface area contributed by atoms with Crippen molar-refractivity contribution in [2.45, 2.75) is 32.3 Å². The van der Waals surface area contributed by atoms with E-state index in [4.69, 9.17) is 9.47 Å². The van der Waals surface area contributed by atoms with Gasteiger partial charge in [-0.1, -0.05) is 18.2 Å². The van der Waals surface area contributed by atoms with Crippen LogP contribution in [0.4, 0.5) is 5.69 Å². The normalized spacial score (nSPS) is 19.7. The molecule has 1 aromatic rings. The van der Waals surface area contributed by atoms with Crippen LogP contribution in [0.1, 0.15) is 24.8 Å². The van der Waals surface area contributed by atoms with Crippen molar-refractivity contribution in [1.29, 1.82) is 0 Å². The maximum atomic E-state index is 5.65. The van der Waals surface area contributed by atoms with E-state index in [1.54, 1.807) is 0 Å². The van der Waals surface area contributed by atoms with Gasteiger partial charge in [-0.3, -0.25) is 0 Å². The first-order chi connectivity index (χ1) is 8.86. The van der Waals surface area contributed by atoms with E-state index in [0.29, 0.717) is 6.10 Å². The van der Waals surface area contributed by atoms with Crippen LogP contribution >= 0.6 is 0 Å². The molecular formula is C15H23NO2. The minimum atomic E-state index is 0.317. The van der Waals surface area contributed by atoms with Gasteiger partial charge in [-0.2, -0.15) is 0 Å². The molecule has 2 rings (SSSR count). The van der Waals surface area contributed by atoms with Gasteiger partial charge in [0.1, 0.15) is 0 Å². The molecule has 1 aliphatic rings. The van der Waals surface area contributed by atoms with Gasteiger partial charge in [0.05, 0.1) is 19.3 Å². The Balaban J connectivity index is 1.57. The smallest absolute Gasteiger partial charge is 0.0808 e. The molecule has 1 unspecified atom stereocenters. The number of benzene rings is 1. The van der Waals surface area contributed by atoms with Gasteiger partial charge in [-0.15, -0.1) is 0 Å². The number of nitrogens with one attached hydrogen (secondary N) is 1. The number of hydrogen-bond acceptors (Lipinski definition) is 3. The lowest BCUT2D eigenvalue weighted by molar-refractivity contribution is -0.0387. The molecule has 3 heteroatoms. The fourth-order valence-electron chi connectivity index (χ4n) is 2.18. The summed E-state index contributed by atoms with van der Waals surface area (Å²) in [5.74, 6) is 0. The van der Waals surface area contributed by atoms with Gasteiger partial charge >= 0.3 is 0 Å². The maximum absolute atomic E-state index is 5.65. The van der Waals surface area contributed by atoms with Gasteiger partial charge in [0.15, 0.2) is 0 Å². The first-order valence-corrected chi connectivity index (χ1v) is 6.85. The lowest BCUT2D eigenvalue weighted by Crippen LogP contribution is -2.25. The third kappa shape index (κ3) is 4.31. The van der Waals surface area contributed by atoms with Crippen molar-refractivity contribution < 1.29 is 9.47 Å². The van der Waals surface area contributed by atoms with E-state index >= 15 is 0 Å². The van der Waals surface area contributed by atoms with E-state index in [9.17, 15) is 0 Å². The number of ether oxygens (including phenoxy) is 2. The van der Waals surface area contributed by atoms with Crippen LogP contribution in [0.15, 0.2) is 24.3 Å². The molecule has 1 atom stereocenters.